The summed E-state index contributed by atoms with van der Waals surface area (Å²) in [5.74, 6) is -3.37. The number of carboxylic acid groups (broad SMARTS) is 1. The third-order valence-corrected chi connectivity index (χ3v) is 11.3. The van der Waals surface area contributed by atoms with Crippen LogP contribution in [0, 0.1) is 28.6 Å². The smallest absolute Gasteiger partial charge is 0.306 e. The van der Waals surface area contributed by atoms with E-state index in [1.807, 2.05) is 19.1 Å². The van der Waals surface area contributed by atoms with Crippen LogP contribution in [0.25, 0.3) is 0 Å². The minimum Gasteiger partial charge on any atom is -0.481 e. The summed E-state index contributed by atoms with van der Waals surface area (Å²) in [6, 6.07) is 8.99. The third kappa shape index (κ3) is 6.14. The van der Waals surface area contributed by atoms with Crippen LogP contribution >= 0.6 is 0 Å². The predicted molar refractivity (Wildman–Crippen MR) is 163 cm³/mol. The zero-order valence-electron chi connectivity index (χ0n) is 25.9. The van der Waals surface area contributed by atoms with Crippen LogP contribution in [0.2, 0.25) is 0 Å². The Morgan fingerprint density at radius 2 is 1.82 bits per heavy atom. The van der Waals surface area contributed by atoms with Gasteiger partial charge in [0.15, 0.2) is 12.4 Å². The summed E-state index contributed by atoms with van der Waals surface area (Å²) in [6.07, 6.45) is 6.23. The fourth-order valence-corrected chi connectivity index (χ4v) is 8.91. The van der Waals surface area contributed by atoms with E-state index in [4.69, 9.17) is 4.74 Å². The van der Waals surface area contributed by atoms with Crippen molar-refractivity contribution in [3.05, 3.63) is 59.7 Å². The van der Waals surface area contributed by atoms with E-state index in [9.17, 15) is 39.3 Å². The van der Waals surface area contributed by atoms with Crippen LogP contribution in [0.4, 0.5) is 0 Å². The molecule has 0 aromatic heterocycles. The van der Waals surface area contributed by atoms with E-state index in [2.05, 4.69) is 12.2 Å². The van der Waals surface area contributed by atoms with Gasteiger partial charge < -0.3 is 25.4 Å². The number of aliphatic carboxylic acids is 1. The highest BCUT2D eigenvalue weighted by atomic mass is 16.5. The summed E-state index contributed by atoms with van der Waals surface area (Å²) < 4.78 is 5.22. The molecule has 4 aliphatic rings. The highest BCUT2D eigenvalue weighted by Gasteiger charge is 2.68. The van der Waals surface area contributed by atoms with Crippen LogP contribution in [0.1, 0.15) is 76.7 Å². The highest BCUT2D eigenvalue weighted by molar-refractivity contribution is 6.01. The Kier molecular flexibility index (Phi) is 9.20. The van der Waals surface area contributed by atoms with Crippen molar-refractivity contribution in [2.75, 3.05) is 13.2 Å². The van der Waals surface area contributed by atoms with Gasteiger partial charge in [-0.1, -0.05) is 55.8 Å². The van der Waals surface area contributed by atoms with E-state index in [1.54, 1.807) is 36.4 Å². The lowest BCUT2D eigenvalue weighted by molar-refractivity contribution is -0.181. The predicted octanol–water partition coefficient (Wildman–Crippen LogP) is 3.26. The molecule has 0 bridgehead atoms. The maximum Gasteiger partial charge on any atom is 0.306 e. The van der Waals surface area contributed by atoms with Crippen molar-refractivity contribution in [2.45, 2.75) is 82.8 Å². The van der Waals surface area contributed by atoms with Gasteiger partial charge in [-0.05, 0) is 61.7 Å². The van der Waals surface area contributed by atoms with Gasteiger partial charge in [0.2, 0.25) is 11.7 Å². The number of Topliss-reactive ketones (excluding diaryl/α,β-unsaturated/α-hetero) is 1. The molecule has 10 nitrogen and oxygen atoms in total. The minimum absolute atomic E-state index is 0.0236. The summed E-state index contributed by atoms with van der Waals surface area (Å²) >= 11 is 0. The first-order valence-corrected chi connectivity index (χ1v) is 15.9. The fraction of sp³-hybridized carbons (Fsp3) is 0.571. The number of nitrogens with one attached hydrogen (secondary N) is 1. The molecular weight excluding hydrogens is 578 g/mol. The second kappa shape index (κ2) is 12.6. The molecule has 1 aromatic carbocycles. The molecule has 4 N–H and O–H groups in total. The summed E-state index contributed by atoms with van der Waals surface area (Å²) in [5.41, 5.74) is -1.33. The maximum atomic E-state index is 13.5. The molecule has 1 aromatic rings. The van der Waals surface area contributed by atoms with E-state index >= 15 is 0 Å². The second-order valence-electron chi connectivity index (χ2n) is 13.7. The van der Waals surface area contributed by atoms with E-state index in [1.165, 1.54) is 0 Å². The lowest BCUT2D eigenvalue weighted by Gasteiger charge is -2.59. The third-order valence-electron chi connectivity index (χ3n) is 11.3. The molecule has 10 heteroatoms. The highest BCUT2D eigenvalue weighted by Crippen LogP contribution is 2.67. The van der Waals surface area contributed by atoms with E-state index in [0.717, 1.165) is 24.0 Å². The Hall–Kier alpha value is -3.63. The number of aliphatic hydroxyl groups excluding tert-OH is 1. The van der Waals surface area contributed by atoms with Crippen molar-refractivity contribution < 1.29 is 44.0 Å². The number of benzene rings is 1. The SMILES string of the molecule is C[C@]12C=CC(=O)C=C1CC[C@@H]1[C@@H]2[C@@H](O)C[C@@]2(C)[C@H]1CC[C@@]2(O)C(=O)COC(=O)CCC(=O)NC[C@H](CC(=O)O)c1ccccc1. The van der Waals surface area contributed by atoms with Gasteiger partial charge in [0.25, 0.3) is 0 Å². The van der Waals surface area contributed by atoms with Crippen LogP contribution in [0.15, 0.2) is 54.1 Å². The zero-order valence-corrected chi connectivity index (χ0v) is 25.9. The van der Waals surface area contributed by atoms with Gasteiger partial charge in [0.05, 0.1) is 18.9 Å². The first-order chi connectivity index (χ1) is 21.3. The second-order valence-corrected chi connectivity index (χ2v) is 13.7. The van der Waals surface area contributed by atoms with Crippen LogP contribution in [-0.2, 0) is 28.7 Å². The number of hydrogen-bond acceptors (Lipinski definition) is 8. The molecule has 0 heterocycles. The summed E-state index contributed by atoms with van der Waals surface area (Å²) in [6.45, 7) is 3.38. The summed E-state index contributed by atoms with van der Waals surface area (Å²) in [7, 11) is 0. The number of carbonyl (C=O) groups excluding carboxylic acids is 4. The van der Waals surface area contributed by atoms with Crippen LogP contribution < -0.4 is 5.32 Å². The lowest BCUT2D eigenvalue weighted by Crippen LogP contribution is -2.61. The molecular formula is C35H43NO9. The molecule has 0 saturated heterocycles. The van der Waals surface area contributed by atoms with Gasteiger partial charge in [-0.15, -0.1) is 0 Å². The van der Waals surface area contributed by atoms with Gasteiger partial charge in [-0.2, -0.15) is 0 Å². The molecule has 8 atom stereocenters. The molecule has 4 aliphatic carbocycles. The van der Waals surface area contributed by atoms with Crippen molar-refractivity contribution in [3.8, 4) is 0 Å². The summed E-state index contributed by atoms with van der Waals surface area (Å²) in [4.78, 5) is 61.7. The number of fused-ring (bicyclic) bond motifs is 5. The molecule has 45 heavy (non-hydrogen) atoms. The van der Waals surface area contributed by atoms with Gasteiger partial charge in [0.1, 0.15) is 5.60 Å². The molecule has 242 valence electrons. The summed E-state index contributed by atoms with van der Waals surface area (Å²) in [5, 5.41) is 35.3. The van der Waals surface area contributed by atoms with Crippen molar-refractivity contribution >= 4 is 29.4 Å². The largest absolute Gasteiger partial charge is 0.481 e. The van der Waals surface area contributed by atoms with Gasteiger partial charge in [-0.25, -0.2) is 0 Å². The molecule has 3 fully saturated rings. The maximum absolute atomic E-state index is 13.5. The molecule has 0 radical (unpaired) electrons. The van der Waals surface area contributed by atoms with E-state index in [0.29, 0.717) is 6.42 Å². The number of aliphatic hydroxyl groups is 2. The number of allylic oxidation sites excluding steroid dienone is 4. The number of ketones is 2. The topological polar surface area (TPSA) is 167 Å². The lowest BCUT2D eigenvalue weighted by atomic mass is 9.46. The molecule has 0 aliphatic heterocycles. The van der Waals surface area contributed by atoms with Gasteiger partial charge in [-0.3, -0.25) is 24.0 Å². The minimum atomic E-state index is -1.77. The molecule has 3 saturated carbocycles. The first kappa shape index (κ1) is 32.8. The molecule has 5 rings (SSSR count). The number of esters is 1. The average Bonchev–Trinajstić information content (AvgIpc) is 3.27. The zero-order chi connectivity index (χ0) is 32.6. The number of ether oxygens (including phenoxy) is 1. The fourth-order valence-electron chi connectivity index (χ4n) is 8.91. The normalized spacial score (nSPS) is 34.0. The van der Waals surface area contributed by atoms with E-state index in [-0.39, 0.29) is 62.2 Å². The van der Waals surface area contributed by atoms with Crippen molar-refractivity contribution in [3.63, 3.8) is 0 Å². The quantitative estimate of drug-likeness (QED) is 0.271. The van der Waals surface area contributed by atoms with Crippen LogP contribution in [0.3, 0.4) is 0 Å². The number of carboxylic acids is 1. The first-order valence-electron chi connectivity index (χ1n) is 15.9. The Bertz CT molecular complexity index is 1420. The number of hydrogen-bond donors (Lipinski definition) is 4. The Labute approximate surface area is 262 Å². The number of amides is 1. The standard InChI is InChI=1S/C35H43NO9/c1-33-14-12-24(37)17-23(33)8-9-25-26-13-15-35(44,34(26,2)18-27(38)32(25)33)28(39)20-45-31(43)11-10-29(40)36-19-22(16-30(41)42)21-6-4-3-5-7-21/h3-7,12,14,17,22,25-27,32,38,44H,8-11,13,15-16,18-20H2,1-2H3,(H,36,40)(H,41,42)/t22-,25-,26-,27-,32+,33-,34-,35+/m0/s1. The van der Waals surface area contributed by atoms with Crippen molar-refractivity contribution in [2.24, 2.45) is 28.6 Å². The van der Waals surface area contributed by atoms with Crippen molar-refractivity contribution in [1.29, 1.82) is 0 Å². The Morgan fingerprint density at radius 1 is 1.09 bits per heavy atom. The molecule has 0 spiro atoms. The number of rotatable bonds is 11. The Balaban J connectivity index is 1.14. The van der Waals surface area contributed by atoms with Crippen molar-refractivity contribution in [1.82, 2.24) is 5.32 Å². The average molecular weight is 622 g/mol. The molecule has 0 unspecified atom stereocenters. The van der Waals surface area contributed by atoms with Crippen LogP contribution in [-0.4, -0.2) is 69.6 Å². The van der Waals surface area contributed by atoms with E-state index < -0.39 is 58.7 Å². The molecule has 1 amide bonds. The van der Waals surface area contributed by atoms with Gasteiger partial charge in [0, 0.05) is 35.6 Å². The van der Waals surface area contributed by atoms with Gasteiger partial charge >= 0.3 is 11.9 Å². The Morgan fingerprint density at radius 3 is 2.53 bits per heavy atom. The number of carbonyl (C=O) groups is 5. The van der Waals surface area contributed by atoms with Crippen LogP contribution in [0.5, 0.6) is 0 Å². The monoisotopic (exact) mass is 621 g/mol.